The van der Waals surface area contributed by atoms with E-state index in [1.165, 1.54) is 12.6 Å². The van der Waals surface area contributed by atoms with Crippen LogP contribution < -0.4 is 5.32 Å². The highest BCUT2D eigenvalue weighted by Crippen LogP contribution is 2.25. The SMILES string of the molecule is CC(CCNc1cnc(C#N)cn1)CC(C)(C)C. The summed E-state index contributed by atoms with van der Waals surface area (Å²) in [7, 11) is 0. The normalized spacial score (nSPS) is 12.8. The van der Waals surface area contributed by atoms with Crippen molar-refractivity contribution in [3.8, 4) is 6.07 Å². The Morgan fingerprint density at radius 3 is 2.56 bits per heavy atom. The fourth-order valence-corrected chi connectivity index (χ4v) is 2.07. The molecule has 0 aromatic carbocycles. The first-order chi connectivity index (χ1) is 8.40. The van der Waals surface area contributed by atoms with Crippen molar-refractivity contribution in [2.45, 2.75) is 40.5 Å². The van der Waals surface area contributed by atoms with Gasteiger partial charge in [0.15, 0.2) is 5.69 Å². The number of nitrogens with one attached hydrogen (secondary N) is 1. The average molecular weight is 246 g/mol. The van der Waals surface area contributed by atoms with Crippen LogP contribution in [-0.2, 0) is 0 Å². The molecule has 0 saturated heterocycles. The molecular weight excluding hydrogens is 224 g/mol. The van der Waals surface area contributed by atoms with Gasteiger partial charge in [-0.15, -0.1) is 0 Å². The lowest BCUT2D eigenvalue weighted by molar-refractivity contribution is 0.300. The van der Waals surface area contributed by atoms with E-state index < -0.39 is 0 Å². The lowest BCUT2D eigenvalue weighted by atomic mass is 9.84. The van der Waals surface area contributed by atoms with Crippen LogP contribution in [0, 0.1) is 22.7 Å². The summed E-state index contributed by atoms with van der Waals surface area (Å²) in [5.74, 6) is 1.42. The van der Waals surface area contributed by atoms with E-state index in [0.717, 1.165) is 18.8 Å². The number of nitrogens with zero attached hydrogens (tertiary/aromatic N) is 3. The van der Waals surface area contributed by atoms with Crippen molar-refractivity contribution in [3.05, 3.63) is 18.1 Å². The van der Waals surface area contributed by atoms with Crippen molar-refractivity contribution in [2.24, 2.45) is 11.3 Å². The molecule has 1 heterocycles. The van der Waals surface area contributed by atoms with E-state index >= 15 is 0 Å². The quantitative estimate of drug-likeness (QED) is 0.866. The Labute approximate surface area is 109 Å². The van der Waals surface area contributed by atoms with E-state index in [-0.39, 0.29) is 0 Å². The van der Waals surface area contributed by atoms with Crippen molar-refractivity contribution in [1.82, 2.24) is 9.97 Å². The highest BCUT2D eigenvalue weighted by Gasteiger charge is 2.14. The van der Waals surface area contributed by atoms with Gasteiger partial charge in [0.05, 0.1) is 12.4 Å². The van der Waals surface area contributed by atoms with Crippen LogP contribution in [0.15, 0.2) is 12.4 Å². The molecular formula is C14H22N4. The van der Waals surface area contributed by atoms with Gasteiger partial charge in [-0.05, 0) is 24.2 Å². The van der Waals surface area contributed by atoms with Gasteiger partial charge in [0, 0.05) is 6.54 Å². The van der Waals surface area contributed by atoms with E-state index in [9.17, 15) is 0 Å². The third-order valence-corrected chi connectivity index (χ3v) is 2.67. The summed E-state index contributed by atoms with van der Waals surface area (Å²) in [5, 5.41) is 11.8. The van der Waals surface area contributed by atoms with Crippen molar-refractivity contribution < 1.29 is 0 Å². The summed E-state index contributed by atoms with van der Waals surface area (Å²) in [6.07, 6.45) is 5.42. The maximum absolute atomic E-state index is 8.61. The van der Waals surface area contributed by atoms with Crippen LogP contribution in [0.4, 0.5) is 5.82 Å². The zero-order valence-electron chi connectivity index (χ0n) is 11.7. The highest BCUT2D eigenvalue weighted by molar-refractivity contribution is 5.32. The van der Waals surface area contributed by atoms with Gasteiger partial charge in [-0.1, -0.05) is 27.7 Å². The molecule has 0 amide bonds. The number of rotatable bonds is 5. The summed E-state index contributed by atoms with van der Waals surface area (Å²) in [5.41, 5.74) is 0.731. The molecule has 0 spiro atoms. The summed E-state index contributed by atoms with van der Waals surface area (Å²) >= 11 is 0. The van der Waals surface area contributed by atoms with Crippen LogP contribution in [0.5, 0.6) is 0 Å². The minimum absolute atomic E-state index is 0.349. The van der Waals surface area contributed by atoms with E-state index in [4.69, 9.17) is 5.26 Å². The lowest BCUT2D eigenvalue weighted by Crippen LogP contribution is -2.14. The van der Waals surface area contributed by atoms with Gasteiger partial charge >= 0.3 is 0 Å². The van der Waals surface area contributed by atoms with Gasteiger partial charge < -0.3 is 5.32 Å². The van der Waals surface area contributed by atoms with Crippen LogP contribution in [-0.4, -0.2) is 16.5 Å². The molecule has 98 valence electrons. The van der Waals surface area contributed by atoms with Crippen molar-refractivity contribution in [2.75, 3.05) is 11.9 Å². The molecule has 0 aliphatic carbocycles. The standard InChI is InChI=1S/C14H22N4/c1-11(7-14(2,3)4)5-6-16-13-10-17-12(8-15)9-18-13/h9-11H,5-7H2,1-4H3,(H,16,18). The van der Waals surface area contributed by atoms with Gasteiger partial charge in [0.25, 0.3) is 0 Å². The molecule has 18 heavy (non-hydrogen) atoms. The van der Waals surface area contributed by atoms with Crippen LogP contribution in [0.2, 0.25) is 0 Å². The van der Waals surface area contributed by atoms with Gasteiger partial charge in [0.2, 0.25) is 0 Å². The zero-order chi connectivity index (χ0) is 13.6. The molecule has 0 aliphatic heterocycles. The first-order valence-electron chi connectivity index (χ1n) is 6.37. The molecule has 0 bridgehead atoms. The van der Waals surface area contributed by atoms with Crippen LogP contribution in [0.25, 0.3) is 0 Å². The molecule has 0 aliphatic rings. The minimum Gasteiger partial charge on any atom is -0.369 e. The second kappa shape index (κ2) is 6.34. The average Bonchev–Trinajstić information content (AvgIpc) is 2.27. The molecule has 0 fully saturated rings. The topological polar surface area (TPSA) is 61.6 Å². The van der Waals surface area contributed by atoms with Crippen LogP contribution in [0.3, 0.4) is 0 Å². The first kappa shape index (κ1) is 14.4. The largest absolute Gasteiger partial charge is 0.369 e. The molecule has 1 aromatic heterocycles. The molecule has 0 saturated carbocycles. The Kier molecular flexibility index (Phi) is 5.08. The molecule has 1 N–H and O–H groups in total. The van der Waals surface area contributed by atoms with Gasteiger partial charge in [-0.2, -0.15) is 5.26 Å². The Bertz CT molecular complexity index is 397. The Morgan fingerprint density at radius 1 is 1.33 bits per heavy atom. The molecule has 0 radical (unpaired) electrons. The molecule has 1 unspecified atom stereocenters. The van der Waals surface area contributed by atoms with Crippen LogP contribution >= 0.6 is 0 Å². The van der Waals surface area contributed by atoms with Gasteiger partial charge in [0.1, 0.15) is 11.9 Å². The van der Waals surface area contributed by atoms with E-state index in [1.54, 1.807) is 6.20 Å². The van der Waals surface area contributed by atoms with Gasteiger partial charge in [-0.25, -0.2) is 9.97 Å². The maximum Gasteiger partial charge on any atom is 0.158 e. The highest BCUT2D eigenvalue weighted by atomic mass is 15.0. The monoisotopic (exact) mass is 246 g/mol. The van der Waals surface area contributed by atoms with Crippen molar-refractivity contribution >= 4 is 5.82 Å². The predicted molar refractivity (Wildman–Crippen MR) is 73.1 cm³/mol. The fourth-order valence-electron chi connectivity index (χ4n) is 2.07. The van der Waals surface area contributed by atoms with E-state index in [2.05, 4.69) is 43.0 Å². The van der Waals surface area contributed by atoms with Crippen molar-refractivity contribution in [1.29, 1.82) is 5.26 Å². The molecule has 1 atom stereocenters. The van der Waals surface area contributed by atoms with Gasteiger partial charge in [-0.3, -0.25) is 0 Å². The number of anilines is 1. The fraction of sp³-hybridized carbons (Fsp3) is 0.643. The molecule has 4 nitrogen and oxygen atoms in total. The second-order valence-electron chi connectivity index (χ2n) is 5.98. The Hall–Kier alpha value is -1.63. The Morgan fingerprint density at radius 2 is 2.06 bits per heavy atom. The smallest absolute Gasteiger partial charge is 0.158 e. The van der Waals surface area contributed by atoms with Crippen LogP contribution in [0.1, 0.15) is 46.2 Å². The number of hydrogen-bond donors (Lipinski definition) is 1. The second-order valence-corrected chi connectivity index (χ2v) is 5.98. The van der Waals surface area contributed by atoms with E-state index in [0.29, 0.717) is 17.0 Å². The summed E-state index contributed by atoms with van der Waals surface area (Å²) in [4.78, 5) is 8.09. The summed E-state index contributed by atoms with van der Waals surface area (Å²) < 4.78 is 0. The zero-order valence-corrected chi connectivity index (χ0v) is 11.7. The predicted octanol–water partition coefficient (Wildman–Crippen LogP) is 3.22. The van der Waals surface area contributed by atoms with E-state index in [1.807, 2.05) is 6.07 Å². The maximum atomic E-state index is 8.61. The number of aromatic nitrogens is 2. The molecule has 1 aromatic rings. The molecule has 4 heteroatoms. The Balaban J connectivity index is 2.31. The lowest BCUT2D eigenvalue weighted by Gasteiger charge is -2.23. The number of nitriles is 1. The first-order valence-corrected chi connectivity index (χ1v) is 6.37. The third kappa shape index (κ3) is 5.62. The third-order valence-electron chi connectivity index (χ3n) is 2.67. The summed E-state index contributed by atoms with van der Waals surface area (Å²) in [6, 6.07) is 1.95. The van der Waals surface area contributed by atoms with Crippen molar-refractivity contribution in [3.63, 3.8) is 0 Å². The summed E-state index contributed by atoms with van der Waals surface area (Å²) in [6.45, 7) is 9.96. The molecule has 1 rings (SSSR count). The number of hydrogen-bond acceptors (Lipinski definition) is 4. The minimum atomic E-state index is 0.349.